The average Bonchev–Trinajstić information content (AvgIpc) is 2.67. The van der Waals surface area contributed by atoms with E-state index in [9.17, 15) is 22.8 Å². The first-order valence-corrected chi connectivity index (χ1v) is 9.12. The summed E-state index contributed by atoms with van der Waals surface area (Å²) >= 11 is 0. The van der Waals surface area contributed by atoms with Crippen LogP contribution >= 0.6 is 0 Å². The number of carbonyl (C=O) groups excluding carboxylic acids is 2. The minimum atomic E-state index is -4.58. The molecule has 0 saturated carbocycles. The SMILES string of the molecule is CC1CCCN(C(=O)c2cccc(C(=O)Nc3ccccc3C(F)(F)F)c2)C1. The fraction of sp³-hybridized carbons (Fsp3) is 0.333. The topological polar surface area (TPSA) is 49.4 Å². The van der Waals surface area contributed by atoms with Crippen molar-refractivity contribution in [1.82, 2.24) is 4.90 Å². The molecule has 2 aromatic carbocycles. The standard InChI is InChI=1S/C21H21F3N2O2/c1-14-6-5-11-26(13-14)20(28)16-8-4-7-15(12-16)19(27)25-18-10-3-2-9-17(18)21(22,23)24/h2-4,7-10,12,14H,5-6,11,13H2,1H3,(H,25,27). The van der Waals surface area contributed by atoms with Crippen molar-refractivity contribution in [2.45, 2.75) is 25.9 Å². The Hall–Kier alpha value is -2.83. The molecule has 1 heterocycles. The number of hydrogen-bond acceptors (Lipinski definition) is 2. The lowest BCUT2D eigenvalue weighted by molar-refractivity contribution is -0.136. The molecule has 0 spiro atoms. The van der Waals surface area contributed by atoms with E-state index in [-0.39, 0.29) is 17.2 Å². The molecule has 1 aliphatic heterocycles. The number of likely N-dealkylation sites (tertiary alicyclic amines) is 1. The quantitative estimate of drug-likeness (QED) is 0.816. The highest BCUT2D eigenvalue weighted by molar-refractivity contribution is 6.06. The summed E-state index contributed by atoms with van der Waals surface area (Å²) in [6, 6.07) is 10.9. The van der Waals surface area contributed by atoms with Crippen LogP contribution in [-0.4, -0.2) is 29.8 Å². The minimum Gasteiger partial charge on any atom is -0.338 e. The van der Waals surface area contributed by atoms with Gasteiger partial charge in [0.25, 0.3) is 11.8 Å². The third-order valence-corrected chi connectivity index (χ3v) is 4.80. The molecule has 0 aromatic heterocycles. The second-order valence-electron chi connectivity index (χ2n) is 7.08. The van der Waals surface area contributed by atoms with Gasteiger partial charge in [0, 0.05) is 24.2 Å². The van der Waals surface area contributed by atoms with Crippen LogP contribution in [0.3, 0.4) is 0 Å². The Morgan fingerprint density at radius 2 is 1.79 bits per heavy atom. The first-order valence-electron chi connectivity index (χ1n) is 9.12. The van der Waals surface area contributed by atoms with Crippen LogP contribution in [0.4, 0.5) is 18.9 Å². The highest BCUT2D eigenvalue weighted by atomic mass is 19.4. The van der Waals surface area contributed by atoms with Crippen LogP contribution in [0.1, 0.15) is 46.0 Å². The van der Waals surface area contributed by atoms with Gasteiger partial charge in [-0.15, -0.1) is 0 Å². The normalized spacial score (nSPS) is 17.3. The van der Waals surface area contributed by atoms with E-state index in [4.69, 9.17) is 0 Å². The highest BCUT2D eigenvalue weighted by Crippen LogP contribution is 2.34. The van der Waals surface area contributed by atoms with Crippen LogP contribution in [0.5, 0.6) is 0 Å². The van der Waals surface area contributed by atoms with Gasteiger partial charge in [0.1, 0.15) is 0 Å². The van der Waals surface area contributed by atoms with Crippen molar-refractivity contribution in [2.75, 3.05) is 18.4 Å². The third kappa shape index (κ3) is 4.52. The summed E-state index contributed by atoms with van der Waals surface area (Å²) < 4.78 is 39.3. The van der Waals surface area contributed by atoms with E-state index in [0.29, 0.717) is 24.6 Å². The number of halogens is 3. The smallest absolute Gasteiger partial charge is 0.338 e. The summed E-state index contributed by atoms with van der Waals surface area (Å²) in [5.41, 5.74) is -0.752. The van der Waals surface area contributed by atoms with Crippen molar-refractivity contribution in [3.8, 4) is 0 Å². The van der Waals surface area contributed by atoms with Crippen LogP contribution in [0.25, 0.3) is 0 Å². The van der Waals surface area contributed by atoms with Gasteiger partial charge in [0.2, 0.25) is 0 Å². The molecule has 1 saturated heterocycles. The van der Waals surface area contributed by atoms with Crippen LogP contribution < -0.4 is 5.32 Å². The number of nitrogens with zero attached hydrogens (tertiary/aromatic N) is 1. The van der Waals surface area contributed by atoms with Crippen molar-refractivity contribution >= 4 is 17.5 Å². The summed E-state index contributed by atoms with van der Waals surface area (Å²) in [5.74, 6) is -0.446. The minimum absolute atomic E-state index is 0.132. The Kier molecular flexibility index (Phi) is 5.72. The number of amides is 2. The molecule has 0 radical (unpaired) electrons. The Labute approximate surface area is 161 Å². The molecule has 1 atom stereocenters. The maximum atomic E-state index is 13.1. The monoisotopic (exact) mass is 390 g/mol. The molecule has 1 unspecified atom stereocenters. The summed E-state index contributed by atoms with van der Waals surface area (Å²) in [5, 5.41) is 2.30. The highest BCUT2D eigenvalue weighted by Gasteiger charge is 2.33. The molecule has 0 aliphatic carbocycles. The first kappa shape index (κ1) is 19.9. The lowest BCUT2D eigenvalue weighted by Crippen LogP contribution is -2.39. The van der Waals surface area contributed by atoms with Gasteiger partial charge in [-0.2, -0.15) is 13.2 Å². The maximum absolute atomic E-state index is 13.1. The van der Waals surface area contributed by atoms with Gasteiger partial charge in [0.05, 0.1) is 11.3 Å². The number of piperidine rings is 1. The number of carbonyl (C=O) groups is 2. The van der Waals surface area contributed by atoms with Gasteiger partial charge >= 0.3 is 6.18 Å². The third-order valence-electron chi connectivity index (χ3n) is 4.80. The molecular formula is C21H21F3N2O2. The van der Waals surface area contributed by atoms with E-state index in [1.165, 1.54) is 30.3 Å². The summed E-state index contributed by atoms with van der Waals surface area (Å²) in [4.78, 5) is 27.0. The van der Waals surface area contributed by atoms with E-state index in [0.717, 1.165) is 18.9 Å². The number of rotatable bonds is 3. The number of nitrogens with one attached hydrogen (secondary N) is 1. The molecule has 0 bridgehead atoms. The average molecular weight is 390 g/mol. The molecule has 148 valence electrons. The van der Waals surface area contributed by atoms with E-state index in [1.54, 1.807) is 17.0 Å². The first-order chi connectivity index (χ1) is 13.3. The Morgan fingerprint density at radius 3 is 2.50 bits per heavy atom. The lowest BCUT2D eigenvalue weighted by atomic mass is 9.99. The van der Waals surface area contributed by atoms with Crippen molar-refractivity contribution in [3.63, 3.8) is 0 Å². The second kappa shape index (κ2) is 8.04. The number of para-hydroxylation sites is 1. The fourth-order valence-electron chi connectivity index (χ4n) is 3.38. The molecule has 2 aromatic rings. The van der Waals surface area contributed by atoms with Crippen molar-refractivity contribution < 1.29 is 22.8 Å². The second-order valence-corrected chi connectivity index (χ2v) is 7.08. The Morgan fingerprint density at radius 1 is 1.07 bits per heavy atom. The van der Waals surface area contributed by atoms with Gasteiger partial charge in [-0.05, 0) is 49.1 Å². The summed E-state index contributed by atoms with van der Waals surface area (Å²) in [7, 11) is 0. The fourth-order valence-corrected chi connectivity index (χ4v) is 3.38. The zero-order chi connectivity index (χ0) is 20.3. The predicted octanol–water partition coefficient (Wildman–Crippen LogP) is 4.83. The molecule has 1 aliphatic rings. The van der Waals surface area contributed by atoms with E-state index in [2.05, 4.69) is 12.2 Å². The van der Waals surface area contributed by atoms with Crippen molar-refractivity contribution in [1.29, 1.82) is 0 Å². The van der Waals surface area contributed by atoms with Gasteiger partial charge in [-0.25, -0.2) is 0 Å². The molecule has 2 amide bonds. The number of anilines is 1. The molecule has 1 N–H and O–H groups in total. The predicted molar refractivity (Wildman–Crippen MR) is 100 cm³/mol. The van der Waals surface area contributed by atoms with Crippen molar-refractivity contribution in [3.05, 3.63) is 65.2 Å². The number of hydrogen-bond donors (Lipinski definition) is 1. The summed E-state index contributed by atoms with van der Waals surface area (Å²) in [6.07, 6.45) is -2.57. The summed E-state index contributed by atoms with van der Waals surface area (Å²) in [6.45, 7) is 3.41. The van der Waals surface area contributed by atoms with E-state index in [1.807, 2.05) is 0 Å². The van der Waals surface area contributed by atoms with Crippen LogP contribution in [0.2, 0.25) is 0 Å². The van der Waals surface area contributed by atoms with Crippen LogP contribution in [0.15, 0.2) is 48.5 Å². The van der Waals surface area contributed by atoms with Gasteiger partial charge in [0.15, 0.2) is 0 Å². The van der Waals surface area contributed by atoms with Gasteiger partial charge in [-0.3, -0.25) is 9.59 Å². The Bertz CT molecular complexity index is 880. The van der Waals surface area contributed by atoms with E-state index < -0.39 is 17.6 Å². The zero-order valence-corrected chi connectivity index (χ0v) is 15.4. The van der Waals surface area contributed by atoms with Gasteiger partial charge in [-0.1, -0.05) is 25.1 Å². The molecule has 3 rings (SSSR count). The Balaban J connectivity index is 1.79. The molecule has 1 fully saturated rings. The van der Waals surface area contributed by atoms with E-state index >= 15 is 0 Å². The molecule has 4 nitrogen and oxygen atoms in total. The van der Waals surface area contributed by atoms with Crippen LogP contribution in [-0.2, 0) is 6.18 Å². The van der Waals surface area contributed by atoms with Crippen LogP contribution in [0, 0.1) is 5.92 Å². The maximum Gasteiger partial charge on any atom is 0.418 e. The lowest BCUT2D eigenvalue weighted by Gasteiger charge is -2.31. The largest absolute Gasteiger partial charge is 0.418 e. The zero-order valence-electron chi connectivity index (χ0n) is 15.4. The van der Waals surface area contributed by atoms with Crippen molar-refractivity contribution in [2.24, 2.45) is 5.92 Å². The molecule has 7 heteroatoms. The number of alkyl halides is 3. The molecule has 28 heavy (non-hydrogen) atoms. The molecular weight excluding hydrogens is 369 g/mol. The van der Waals surface area contributed by atoms with Gasteiger partial charge < -0.3 is 10.2 Å². The number of benzene rings is 2.